The highest BCUT2D eigenvalue weighted by Gasteiger charge is 2.19. The van der Waals surface area contributed by atoms with Gasteiger partial charge in [0.1, 0.15) is 0 Å². The van der Waals surface area contributed by atoms with Crippen LogP contribution in [0.1, 0.15) is 15.9 Å². The van der Waals surface area contributed by atoms with E-state index < -0.39 is 0 Å². The molecule has 0 fully saturated rings. The molecule has 4 rings (SSSR count). The first-order valence-corrected chi connectivity index (χ1v) is 10.1. The number of para-hydroxylation sites is 1. The van der Waals surface area contributed by atoms with Crippen LogP contribution in [0.3, 0.4) is 0 Å². The fraction of sp³-hybridized carbons (Fsp3) is 0.120. The van der Waals surface area contributed by atoms with Crippen molar-refractivity contribution < 1.29 is 4.79 Å². The fourth-order valence-corrected chi connectivity index (χ4v) is 3.65. The molecule has 1 aromatic heterocycles. The van der Waals surface area contributed by atoms with Crippen molar-refractivity contribution in [3.8, 4) is 11.3 Å². The molecule has 3 aromatic carbocycles. The van der Waals surface area contributed by atoms with Gasteiger partial charge in [0, 0.05) is 41.4 Å². The molecule has 4 nitrogen and oxygen atoms in total. The Morgan fingerprint density at radius 2 is 1.60 bits per heavy atom. The summed E-state index contributed by atoms with van der Waals surface area (Å²) >= 11 is 6.05. The van der Waals surface area contributed by atoms with Crippen LogP contribution < -0.4 is 10.2 Å². The molecule has 1 amide bonds. The number of nitrogens with one attached hydrogen (secondary N) is 1. The summed E-state index contributed by atoms with van der Waals surface area (Å²) in [5.74, 6) is -0.154. The quantitative estimate of drug-likeness (QED) is 0.432. The van der Waals surface area contributed by atoms with E-state index in [0.717, 1.165) is 39.1 Å². The predicted octanol–water partition coefficient (Wildman–Crippen LogP) is 6.18. The molecular formula is C25H22ClN3O. The number of benzene rings is 3. The van der Waals surface area contributed by atoms with Gasteiger partial charge in [0.05, 0.1) is 16.8 Å². The van der Waals surface area contributed by atoms with Gasteiger partial charge in [-0.3, -0.25) is 4.79 Å². The maximum atomic E-state index is 13.3. The van der Waals surface area contributed by atoms with Crippen molar-refractivity contribution in [3.63, 3.8) is 0 Å². The summed E-state index contributed by atoms with van der Waals surface area (Å²) in [6.45, 7) is 1.94. The average Bonchev–Trinajstić information content (AvgIpc) is 2.74. The van der Waals surface area contributed by atoms with Crippen molar-refractivity contribution in [2.75, 3.05) is 24.3 Å². The molecule has 0 aliphatic carbocycles. The monoisotopic (exact) mass is 415 g/mol. The van der Waals surface area contributed by atoms with Crippen LogP contribution in [-0.4, -0.2) is 25.0 Å². The third kappa shape index (κ3) is 3.87. The van der Waals surface area contributed by atoms with E-state index in [1.165, 1.54) is 0 Å². The molecule has 0 spiro atoms. The minimum Gasteiger partial charge on any atom is -0.378 e. The molecule has 0 saturated carbocycles. The zero-order valence-corrected chi connectivity index (χ0v) is 17.9. The largest absolute Gasteiger partial charge is 0.378 e. The number of carbonyl (C=O) groups excluding carboxylic acids is 1. The van der Waals surface area contributed by atoms with Gasteiger partial charge in [-0.25, -0.2) is 4.98 Å². The Kier molecular flexibility index (Phi) is 5.42. The molecular weight excluding hydrogens is 394 g/mol. The van der Waals surface area contributed by atoms with Gasteiger partial charge in [0.15, 0.2) is 0 Å². The standard InChI is InChI=1S/C25H22ClN3O/c1-16-23(25(30)27-19-12-14-20(15-13-19)29(2)3)21-6-4-5-7-22(21)28-24(16)17-8-10-18(26)11-9-17/h4-15H,1-3H3,(H,27,30). The minimum atomic E-state index is -0.154. The van der Waals surface area contributed by atoms with Crippen LogP contribution in [0, 0.1) is 6.92 Å². The zero-order chi connectivity index (χ0) is 21.3. The van der Waals surface area contributed by atoms with Crippen molar-refractivity contribution in [1.29, 1.82) is 0 Å². The molecule has 5 heteroatoms. The lowest BCUT2D eigenvalue weighted by Gasteiger charge is -2.16. The number of amides is 1. The number of nitrogens with zero attached hydrogens (tertiary/aromatic N) is 2. The summed E-state index contributed by atoms with van der Waals surface area (Å²) in [5, 5.41) is 4.53. The van der Waals surface area contributed by atoms with Crippen LogP contribution in [0.15, 0.2) is 72.8 Å². The second-order valence-electron chi connectivity index (χ2n) is 7.38. The van der Waals surface area contributed by atoms with Crippen molar-refractivity contribution in [1.82, 2.24) is 4.98 Å². The Morgan fingerprint density at radius 1 is 0.933 bits per heavy atom. The summed E-state index contributed by atoms with van der Waals surface area (Å²) < 4.78 is 0. The predicted molar refractivity (Wildman–Crippen MR) is 126 cm³/mol. The molecule has 0 saturated heterocycles. The average molecular weight is 416 g/mol. The van der Waals surface area contributed by atoms with Crippen molar-refractivity contribution in [2.45, 2.75) is 6.92 Å². The molecule has 4 aromatic rings. The van der Waals surface area contributed by atoms with E-state index in [1.54, 1.807) is 0 Å². The molecule has 1 N–H and O–H groups in total. The lowest BCUT2D eigenvalue weighted by molar-refractivity contribution is 0.102. The van der Waals surface area contributed by atoms with Crippen molar-refractivity contribution in [3.05, 3.63) is 88.9 Å². The lowest BCUT2D eigenvalue weighted by Crippen LogP contribution is -2.15. The second-order valence-corrected chi connectivity index (χ2v) is 7.82. The number of fused-ring (bicyclic) bond motifs is 1. The van der Waals surface area contributed by atoms with Crippen LogP contribution in [0.4, 0.5) is 11.4 Å². The Labute approximate surface area is 181 Å². The fourth-order valence-electron chi connectivity index (χ4n) is 3.53. The van der Waals surface area contributed by atoms with Gasteiger partial charge in [-0.1, -0.05) is 41.9 Å². The normalized spacial score (nSPS) is 10.8. The van der Waals surface area contributed by atoms with Crippen molar-refractivity contribution >= 4 is 39.8 Å². The molecule has 0 aliphatic heterocycles. The number of aromatic nitrogens is 1. The Balaban J connectivity index is 1.79. The van der Waals surface area contributed by atoms with E-state index in [2.05, 4.69) is 5.32 Å². The van der Waals surface area contributed by atoms with E-state index in [1.807, 2.05) is 98.7 Å². The van der Waals surface area contributed by atoms with Gasteiger partial charge >= 0.3 is 0 Å². The Hall–Kier alpha value is -3.37. The minimum absolute atomic E-state index is 0.154. The first-order valence-electron chi connectivity index (χ1n) is 9.68. The van der Waals surface area contributed by atoms with E-state index in [0.29, 0.717) is 10.6 Å². The number of hydrogen-bond donors (Lipinski definition) is 1. The van der Waals surface area contributed by atoms with Crippen LogP contribution in [-0.2, 0) is 0 Å². The molecule has 0 aliphatic rings. The Morgan fingerprint density at radius 3 is 2.27 bits per heavy atom. The van der Waals surface area contributed by atoms with E-state index >= 15 is 0 Å². The molecule has 0 unspecified atom stereocenters. The van der Waals surface area contributed by atoms with Gasteiger partial charge in [-0.15, -0.1) is 0 Å². The van der Waals surface area contributed by atoms with Crippen LogP contribution in [0.2, 0.25) is 5.02 Å². The summed E-state index contributed by atoms with van der Waals surface area (Å²) in [4.78, 5) is 20.2. The van der Waals surface area contributed by atoms with Gasteiger partial charge in [-0.2, -0.15) is 0 Å². The molecule has 0 radical (unpaired) electrons. The molecule has 30 heavy (non-hydrogen) atoms. The highest BCUT2D eigenvalue weighted by molar-refractivity contribution is 6.30. The Bertz CT molecular complexity index is 1220. The summed E-state index contributed by atoms with van der Waals surface area (Å²) in [6, 6.07) is 23.0. The first kappa shape index (κ1) is 19.9. The maximum absolute atomic E-state index is 13.3. The topological polar surface area (TPSA) is 45.2 Å². The van der Waals surface area contributed by atoms with Crippen LogP contribution in [0.25, 0.3) is 22.2 Å². The molecule has 1 heterocycles. The van der Waals surface area contributed by atoms with E-state index in [-0.39, 0.29) is 5.91 Å². The summed E-state index contributed by atoms with van der Waals surface area (Å²) in [5.41, 5.74) is 5.76. The van der Waals surface area contributed by atoms with Gasteiger partial charge in [0.2, 0.25) is 0 Å². The highest BCUT2D eigenvalue weighted by Crippen LogP contribution is 2.31. The van der Waals surface area contributed by atoms with Crippen molar-refractivity contribution in [2.24, 2.45) is 0 Å². The maximum Gasteiger partial charge on any atom is 0.256 e. The highest BCUT2D eigenvalue weighted by atomic mass is 35.5. The van der Waals surface area contributed by atoms with Gasteiger partial charge in [0.25, 0.3) is 5.91 Å². The third-order valence-corrected chi connectivity index (χ3v) is 5.37. The van der Waals surface area contributed by atoms with Crippen LogP contribution in [0.5, 0.6) is 0 Å². The van der Waals surface area contributed by atoms with Crippen LogP contribution >= 0.6 is 11.6 Å². The number of rotatable bonds is 4. The number of hydrogen-bond acceptors (Lipinski definition) is 3. The number of carbonyl (C=O) groups is 1. The number of pyridine rings is 1. The lowest BCUT2D eigenvalue weighted by atomic mass is 9.97. The van der Waals surface area contributed by atoms with E-state index in [9.17, 15) is 4.79 Å². The van der Waals surface area contributed by atoms with Gasteiger partial charge in [-0.05, 0) is 55.0 Å². The summed E-state index contributed by atoms with van der Waals surface area (Å²) in [7, 11) is 3.97. The molecule has 0 bridgehead atoms. The molecule has 150 valence electrons. The molecule has 0 atom stereocenters. The second kappa shape index (κ2) is 8.17. The third-order valence-electron chi connectivity index (χ3n) is 5.12. The summed E-state index contributed by atoms with van der Waals surface area (Å²) in [6.07, 6.45) is 0. The smallest absolute Gasteiger partial charge is 0.256 e. The zero-order valence-electron chi connectivity index (χ0n) is 17.1. The SMILES string of the molecule is Cc1c(-c2ccc(Cl)cc2)nc2ccccc2c1C(=O)Nc1ccc(N(C)C)cc1. The first-order chi connectivity index (χ1) is 14.4. The number of anilines is 2. The van der Waals surface area contributed by atoms with E-state index in [4.69, 9.17) is 16.6 Å². The van der Waals surface area contributed by atoms with Gasteiger partial charge < -0.3 is 10.2 Å². The number of halogens is 1.